The average molecular weight is 803 g/mol. The van der Waals surface area contributed by atoms with Crippen molar-refractivity contribution in [3.05, 3.63) is 123 Å². The van der Waals surface area contributed by atoms with Gasteiger partial charge in [-0.25, -0.2) is 9.59 Å². The molecule has 0 aromatic heterocycles. The van der Waals surface area contributed by atoms with E-state index in [2.05, 4.69) is 10.2 Å². The predicted octanol–water partition coefficient (Wildman–Crippen LogP) is 5.82. The molecule has 3 aromatic carbocycles. The van der Waals surface area contributed by atoms with Crippen LogP contribution in [0.15, 0.2) is 91.0 Å². The number of rotatable bonds is 23. The molecule has 1 aliphatic carbocycles. The number of nitrogens with zero attached hydrogens (tertiary/aromatic N) is 1. The van der Waals surface area contributed by atoms with Gasteiger partial charge in [0.2, 0.25) is 5.91 Å². The Morgan fingerprint density at radius 3 is 2.33 bits per heavy atom. The molecule has 1 amide bonds. The summed E-state index contributed by atoms with van der Waals surface area (Å²) in [5.41, 5.74) is 3.03. The van der Waals surface area contributed by atoms with Gasteiger partial charge in [-0.1, -0.05) is 72.8 Å². The second kappa shape index (κ2) is 23.6. The van der Waals surface area contributed by atoms with Crippen molar-refractivity contribution in [3.8, 4) is 11.5 Å². The molecule has 0 spiro atoms. The van der Waals surface area contributed by atoms with E-state index in [4.69, 9.17) is 14.2 Å². The number of hydrogen-bond acceptors (Lipinski definition) is 12. The summed E-state index contributed by atoms with van der Waals surface area (Å²) in [6, 6.07) is 20.4. The van der Waals surface area contributed by atoms with Crippen LogP contribution < -0.4 is 14.8 Å². The quantitative estimate of drug-likeness (QED) is 0.0170. The fraction of sp³-hybridized carbons (Fsp3) is 0.432. The van der Waals surface area contributed by atoms with Crippen molar-refractivity contribution in [2.45, 2.75) is 102 Å². The van der Waals surface area contributed by atoms with E-state index in [0.29, 0.717) is 61.6 Å². The molecule has 0 saturated heterocycles. The highest BCUT2D eigenvalue weighted by Crippen LogP contribution is 2.38. The maximum Gasteiger partial charge on any atom is 0.333 e. The molecule has 3 aromatic rings. The molecule has 312 valence electrons. The summed E-state index contributed by atoms with van der Waals surface area (Å²) in [4.78, 5) is 52.3. The lowest BCUT2D eigenvalue weighted by Gasteiger charge is -2.23. The molecule has 14 nitrogen and oxygen atoms in total. The van der Waals surface area contributed by atoms with Crippen LogP contribution in [-0.4, -0.2) is 69.7 Å². The molecule has 1 saturated carbocycles. The topological polar surface area (TPSA) is 204 Å². The zero-order chi connectivity index (χ0) is 41.9. The van der Waals surface area contributed by atoms with E-state index < -0.39 is 41.4 Å². The third-order valence-corrected chi connectivity index (χ3v) is 10.1. The Kier molecular flexibility index (Phi) is 18.4. The van der Waals surface area contributed by atoms with Gasteiger partial charge >= 0.3 is 11.9 Å². The van der Waals surface area contributed by atoms with Crippen LogP contribution in [0.5, 0.6) is 11.5 Å². The van der Waals surface area contributed by atoms with Crippen molar-refractivity contribution in [1.82, 2.24) is 5.32 Å². The standard InChI is InChI=1S/C44H54N2O12/c1-30(44(52)58-40-24-19-32(26-41(40)55-2)20-25-43(51)56-28-33-14-16-34(17-15-33)29-57-46(53)54)45-42(50)13-9-4-3-8-12-36-37(39(49)27-38(36)48)23-22-35(47)21-18-31-10-6-5-7-11-31/h3,5-8,10-11,14-17,19-20,24-26,30,35-39,47-49H,4,9,12-13,18,21-23,27-29H2,1-2H3,(H,45,50)/b8-3-,25-20+/t30?,35-,36+,37+,38-,39+/m0/s1. The second-order valence-electron chi connectivity index (χ2n) is 14.4. The van der Waals surface area contributed by atoms with Crippen molar-refractivity contribution in [1.29, 1.82) is 0 Å². The Morgan fingerprint density at radius 2 is 1.62 bits per heavy atom. The number of ether oxygens (including phenoxy) is 3. The summed E-state index contributed by atoms with van der Waals surface area (Å²) < 4.78 is 16.1. The number of aliphatic hydroxyl groups is 3. The molecule has 14 heteroatoms. The molecule has 4 N–H and O–H groups in total. The van der Waals surface area contributed by atoms with E-state index in [1.54, 1.807) is 36.4 Å². The minimum Gasteiger partial charge on any atom is -0.493 e. The summed E-state index contributed by atoms with van der Waals surface area (Å²) in [5, 5.41) is 43.9. The van der Waals surface area contributed by atoms with Gasteiger partial charge in [0.25, 0.3) is 5.09 Å². The van der Waals surface area contributed by atoms with Gasteiger partial charge in [0.1, 0.15) is 19.3 Å². The Balaban J connectivity index is 1.13. The number of aryl methyl sites for hydroxylation is 1. The van der Waals surface area contributed by atoms with E-state index in [9.17, 15) is 39.8 Å². The summed E-state index contributed by atoms with van der Waals surface area (Å²) in [5.74, 6) is -1.43. The minimum atomic E-state index is -0.934. The van der Waals surface area contributed by atoms with E-state index in [1.165, 1.54) is 37.8 Å². The molecular weight excluding hydrogens is 748 g/mol. The Labute approximate surface area is 338 Å². The molecule has 6 atom stereocenters. The number of carbonyl (C=O) groups is 3. The second-order valence-corrected chi connectivity index (χ2v) is 14.4. The van der Waals surface area contributed by atoms with Gasteiger partial charge in [-0.3, -0.25) is 4.79 Å². The van der Waals surface area contributed by atoms with Gasteiger partial charge < -0.3 is 39.7 Å². The molecule has 0 heterocycles. The number of benzene rings is 3. The highest BCUT2D eigenvalue weighted by atomic mass is 16.9. The summed E-state index contributed by atoms with van der Waals surface area (Å²) in [6.07, 6.45) is 9.91. The van der Waals surface area contributed by atoms with Crippen molar-refractivity contribution >= 4 is 23.9 Å². The number of esters is 2. The molecule has 4 rings (SSSR count). The van der Waals surface area contributed by atoms with Crippen LogP contribution >= 0.6 is 0 Å². The number of hydrogen-bond donors (Lipinski definition) is 4. The monoisotopic (exact) mass is 802 g/mol. The molecule has 1 fully saturated rings. The van der Waals surface area contributed by atoms with Crippen LogP contribution in [0.2, 0.25) is 0 Å². The number of aliphatic hydroxyl groups excluding tert-OH is 3. The molecule has 0 aliphatic heterocycles. The van der Waals surface area contributed by atoms with Crippen LogP contribution in [0, 0.1) is 22.0 Å². The fourth-order valence-corrected chi connectivity index (χ4v) is 6.83. The van der Waals surface area contributed by atoms with Gasteiger partial charge in [-0.15, -0.1) is 10.1 Å². The highest BCUT2D eigenvalue weighted by Gasteiger charge is 2.40. The summed E-state index contributed by atoms with van der Waals surface area (Å²) >= 11 is 0. The van der Waals surface area contributed by atoms with Crippen LogP contribution in [0.3, 0.4) is 0 Å². The lowest BCUT2D eigenvalue weighted by Crippen LogP contribution is -2.40. The first kappa shape index (κ1) is 45.1. The summed E-state index contributed by atoms with van der Waals surface area (Å²) in [7, 11) is 1.40. The Hall–Kier alpha value is -5.57. The van der Waals surface area contributed by atoms with Crippen molar-refractivity contribution in [3.63, 3.8) is 0 Å². The zero-order valence-electron chi connectivity index (χ0n) is 32.9. The zero-order valence-corrected chi connectivity index (χ0v) is 32.9. The van der Waals surface area contributed by atoms with Gasteiger partial charge in [0.05, 0.1) is 25.4 Å². The number of unbranched alkanes of at least 4 members (excludes halogenated alkanes) is 1. The number of allylic oxidation sites excluding steroid dienone is 2. The van der Waals surface area contributed by atoms with E-state index in [0.717, 1.165) is 6.42 Å². The van der Waals surface area contributed by atoms with E-state index >= 15 is 0 Å². The van der Waals surface area contributed by atoms with E-state index in [-0.39, 0.29) is 48.9 Å². The van der Waals surface area contributed by atoms with Crippen molar-refractivity contribution < 1.29 is 53.8 Å². The summed E-state index contributed by atoms with van der Waals surface area (Å²) in [6.45, 7) is 1.34. The first-order chi connectivity index (χ1) is 27.9. The normalized spacial score (nSPS) is 18.8. The van der Waals surface area contributed by atoms with Crippen LogP contribution in [0.4, 0.5) is 0 Å². The first-order valence-electron chi connectivity index (χ1n) is 19.5. The number of nitrogens with one attached hydrogen (secondary N) is 1. The van der Waals surface area contributed by atoms with Crippen LogP contribution in [-0.2, 0) is 43.6 Å². The molecule has 0 bridgehead atoms. The van der Waals surface area contributed by atoms with Gasteiger partial charge in [-0.05, 0) is 111 Å². The average Bonchev–Trinajstić information content (AvgIpc) is 3.49. The molecule has 1 aliphatic rings. The lowest BCUT2D eigenvalue weighted by atomic mass is 9.85. The Morgan fingerprint density at radius 1 is 0.914 bits per heavy atom. The van der Waals surface area contributed by atoms with E-state index in [1.807, 2.05) is 42.5 Å². The predicted molar refractivity (Wildman–Crippen MR) is 215 cm³/mol. The van der Waals surface area contributed by atoms with Gasteiger partial charge in [-0.2, -0.15) is 0 Å². The van der Waals surface area contributed by atoms with Gasteiger partial charge in [0.15, 0.2) is 11.5 Å². The number of carbonyl (C=O) groups excluding carboxylic acids is 3. The lowest BCUT2D eigenvalue weighted by molar-refractivity contribution is -0.763. The molecule has 1 unspecified atom stereocenters. The van der Waals surface area contributed by atoms with Crippen LogP contribution in [0.1, 0.15) is 80.5 Å². The van der Waals surface area contributed by atoms with Crippen LogP contribution in [0.25, 0.3) is 6.08 Å². The molecule has 0 radical (unpaired) electrons. The smallest absolute Gasteiger partial charge is 0.333 e. The minimum absolute atomic E-state index is 0.00697. The third-order valence-electron chi connectivity index (χ3n) is 10.1. The fourth-order valence-electron chi connectivity index (χ4n) is 6.83. The maximum absolute atomic E-state index is 12.8. The Bertz CT molecular complexity index is 1830. The third kappa shape index (κ3) is 15.4. The SMILES string of the molecule is COc1cc(/C=C/C(=O)OCc2ccc(CO[N+](=O)[O-])cc2)ccc1OC(=O)C(C)NC(=O)CCC/C=C\C[C@@H]1[C@@H](CC[C@@H](O)CCc2ccccc2)[C@H](O)C[C@@H]1O. The van der Waals surface area contributed by atoms with Gasteiger partial charge in [0, 0.05) is 12.5 Å². The molecular formula is C44H54N2O12. The number of methoxy groups -OCH3 is 1. The van der Waals surface area contributed by atoms with Crippen molar-refractivity contribution in [2.75, 3.05) is 7.11 Å². The highest BCUT2D eigenvalue weighted by molar-refractivity contribution is 5.87. The molecule has 58 heavy (non-hydrogen) atoms. The first-order valence-corrected chi connectivity index (χ1v) is 19.5. The number of amides is 1. The largest absolute Gasteiger partial charge is 0.493 e. The maximum atomic E-state index is 12.8. The van der Waals surface area contributed by atoms with Crippen molar-refractivity contribution in [2.24, 2.45) is 11.8 Å².